The minimum Gasteiger partial charge on any atom is -0.388 e. The van der Waals surface area contributed by atoms with Crippen LogP contribution >= 0.6 is 11.5 Å². The summed E-state index contributed by atoms with van der Waals surface area (Å²) >= 11 is 1.42. The third kappa shape index (κ3) is 2.53. The van der Waals surface area contributed by atoms with Crippen molar-refractivity contribution in [2.75, 3.05) is 0 Å². The average molecular weight is 246 g/mol. The van der Waals surface area contributed by atoms with Crippen molar-refractivity contribution in [3.05, 3.63) is 46.7 Å². The van der Waals surface area contributed by atoms with E-state index in [4.69, 9.17) is 0 Å². The Bertz CT molecular complexity index is 493. The zero-order valence-electron chi connectivity index (χ0n) is 9.41. The molecule has 0 radical (unpaired) electrons. The molecule has 88 valence electrons. The lowest BCUT2D eigenvalue weighted by molar-refractivity contribution is 0.178. The molecule has 2 aromatic rings. The first kappa shape index (κ1) is 10.9. The molecule has 1 aromatic heterocycles. The highest BCUT2D eigenvalue weighted by Gasteiger charge is 2.28. The topological polar surface area (TPSA) is 46.0 Å². The lowest BCUT2D eigenvalue weighted by Crippen LogP contribution is -2.01. The Labute approximate surface area is 104 Å². The van der Waals surface area contributed by atoms with Crippen LogP contribution in [0.1, 0.15) is 41.3 Å². The maximum atomic E-state index is 10.1. The average Bonchev–Trinajstić information content (AvgIpc) is 3.12. The van der Waals surface area contributed by atoms with E-state index in [9.17, 15) is 5.11 Å². The molecule has 1 saturated carbocycles. The molecule has 4 heteroatoms. The number of rotatable bonds is 4. The van der Waals surface area contributed by atoms with Gasteiger partial charge in [-0.25, -0.2) is 4.98 Å². The van der Waals surface area contributed by atoms with Gasteiger partial charge in [0.2, 0.25) is 0 Å². The summed E-state index contributed by atoms with van der Waals surface area (Å²) in [7, 11) is 0. The number of aliphatic hydroxyl groups excluding tert-OH is 1. The first-order valence-electron chi connectivity index (χ1n) is 5.88. The summed E-state index contributed by atoms with van der Waals surface area (Å²) in [6, 6.07) is 9.70. The van der Waals surface area contributed by atoms with Crippen molar-refractivity contribution in [2.45, 2.75) is 31.3 Å². The van der Waals surface area contributed by atoms with E-state index in [2.05, 4.69) is 9.36 Å². The van der Waals surface area contributed by atoms with Crippen LogP contribution in [0, 0.1) is 0 Å². The second-order valence-electron chi connectivity index (χ2n) is 4.45. The minimum atomic E-state index is -0.476. The summed E-state index contributed by atoms with van der Waals surface area (Å²) in [5, 5.41) is 11.0. The van der Waals surface area contributed by atoms with Crippen molar-refractivity contribution in [1.29, 1.82) is 0 Å². The van der Waals surface area contributed by atoms with Gasteiger partial charge in [0.05, 0.1) is 6.10 Å². The summed E-state index contributed by atoms with van der Waals surface area (Å²) in [6.45, 7) is 0. The summed E-state index contributed by atoms with van der Waals surface area (Å²) in [5.74, 6) is 1.57. The Kier molecular flexibility index (Phi) is 2.91. The van der Waals surface area contributed by atoms with Crippen molar-refractivity contribution in [3.63, 3.8) is 0 Å². The van der Waals surface area contributed by atoms with Crippen molar-refractivity contribution in [1.82, 2.24) is 9.36 Å². The zero-order valence-corrected chi connectivity index (χ0v) is 10.2. The Hall–Kier alpha value is -1.26. The molecule has 0 bridgehead atoms. The monoisotopic (exact) mass is 246 g/mol. The third-order valence-electron chi connectivity index (χ3n) is 2.98. The van der Waals surface area contributed by atoms with Crippen LogP contribution in [0.15, 0.2) is 30.3 Å². The van der Waals surface area contributed by atoms with Gasteiger partial charge in [-0.1, -0.05) is 30.3 Å². The van der Waals surface area contributed by atoms with E-state index in [0.717, 1.165) is 16.4 Å². The highest BCUT2D eigenvalue weighted by Crippen LogP contribution is 2.38. The molecule has 1 aliphatic carbocycles. The number of aromatic nitrogens is 2. The number of hydrogen-bond donors (Lipinski definition) is 1. The molecule has 3 nitrogen and oxygen atoms in total. The number of benzene rings is 1. The molecule has 1 heterocycles. The molecule has 0 saturated heterocycles. The van der Waals surface area contributed by atoms with Crippen LogP contribution < -0.4 is 0 Å². The van der Waals surface area contributed by atoms with Crippen LogP contribution in [0.25, 0.3) is 0 Å². The number of aliphatic hydroxyl groups is 1. The first-order valence-corrected chi connectivity index (χ1v) is 6.66. The molecule has 3 rings (SSSR count). The molecular weight excluding hydrogens is 232 g/mol. The quantitative estimate of drug-likeness (QED) is 0.902. The fourth-order valence-electron chi connectivity index (χ4n) is 1.82. The third-order valence-corrected chi connectivity index (χ3v) is 3.73. The molecule has 0 amide bonds. The summed E-state index contributed by atoms with van der Waals surface area (Å²) in [5.41, 5.74) is 0.940. The van der Waals surface area contributed by atoms with Gasteiger partial charge < -0.3 is 5.11 Å². The minimum absolute atomic E-state index is 0.476. The van der Waals surface area contributed by atoms with Gasteiger partial charge in [0.25, 0.3) is 0 Å². The maximum absolute atomic E-state index is 10.1. The van der Waals surface area contributed by atoms with Crippen molar-refractivity contribution >= 4 is 11.5 Å². The molecule has 0 aliphatic heterocycles. The van der Waals surface area contributed by atoms with E-state index in [1.165, 1.54) is 24.4 Å². The van der Waals surface area contributed by atoms with Crippen molar-refractivity contribution in [2.24, 2.45) is 0 Å². The predicted molar refractivity (Wildman–Crippen MR) is 67.0 cm³/mol. The van der Waals surface area contributed by atoms with Crippen LogP contribution in [0.5, 0.6) is 0 Å². The molecule has 17 heavy (non-hydrogen) atoms. The standard InChI is InChI=1S/C13H14N2OS/c16-11(9-4-2-1-3-5-9)8-12-14-13(15-17-12)10-6-7-10/h1-5,10-11,16H,6-8H2. The Balaban J connectivity index is 1.69. The van der Waals surface area contributed by atoms with E-state index in [0.29, 0.717) is 12.3 Å². The fourth-order valence-corrected chi connectivity index (χ4v) is 2.57. The lowest BCUT2D eigenvalue weighted by Gasteiger charge is -2.07. The van der Waals surface area contributed by atoms with Crippen molar-refractivity contribution in [3.8, 4) is 0 Å². The van der Waals surface area contributed by atoms with Crippen molar-refractivity contribution < 1.29 is 5.11 Å². The highest BCUT2D eigenvalue weighted by molar-refractivity contribution is 7.05. The van der Waals surface area contributed by atoms with E-state index in [-0.39, 0.29) is 0 Å². The lowest BCUT2D eigenvalue weighted by atomic mass is 10.1. The van der Waals surface area contributed by atoms with E-state index >= 15 is 0 Å². The van der Waals surface area contributed by atoms with Crippen LogP contribution in [0.4, 0.5) is 0 Å². The SMILES string of the molecule is OC(Cc1nc(C2CC2)ns1)c1ccccc1. The molecule has 1 fully saturated rings. The van der Waals surface area contributed by atoms with Gasteiger partial charge in [0.1, 0.15) is 10.8 Å². The summed E-state index contributed by atoms with van der Waals surface area (Å²) < 4.78 is 4.34. The molecular formula is C13H14N2OS. The van der Waals surface area contributed by atoms with Crippen LogP contribution in [0.2, 0.25) is 0 Å². The van der Waals surface area contributed by atoms with E-state index in [1.807, 2.05) is 30.3 Å². The summed E-state index contributed by atoms with van der Waals surface area (Å²) in [4.78, 5) is 4.49. The Morgan fingerprint density at radius 1 is 1.29 bits per heavy atom. The molecule has 1 aliphatic rings. The van der Waals surface area contributed by atoms with Gasteiger partial charge in [-0.2, -0.15) is 4.37 Å². The predicted octanol–water partition coefficient (Wildman–Crippen LogP) is 2.69. The van der Waals surface area contributed by atoms with Gasteiger partial charge >= 0.3 is 0 Å². The second-order valence-corrected chi connectivity index (χ2v) is 5.29. The van der Waals surface area contributed by atoms with Gasteiger partial charge in [-0.05, 0) is 29.9 Å². The molecule has 1 unspecified atom stereocenters. The first-order chi connectivity index (χ1) is 8.33. The van der Waals surface area contributed by atoms with Gasteiger partial charge in [-0.3, -0.25) is 0 Å². The van der Waals surface area contributed by atoms with Gasteiger partial charge in [0.15, 0.2) is 0 Å². The number of nitrogens with zero attached hydrogens (tertiary/aromatic N) is 2. The van der Waals surface area contributed by atoms with Gasteiger partial charge in [-0.15, -0.1) is 0 Å². The Morgan fingerprint density at radius 2 is 2.06 bits per heavy atom. The normalized spacial score (nSPS) is 17.0. The van der Waals surface area contributed by atoms with E-state index in [1.54, 1.807) is 0 Å². The molecule has 0 spiro atoms. The molecule has 1 aromatic carbocycles. The largest absolute Gasteiger partial charge is 0.388 e. The molecule has 1 N–H and O–H groups in total. The fraction of sp³-hybridized carbons (Fsp3) is 0.385. The summed E-state index contributed by atoms with van der Waals surface area (Å²) in [6.07, 6.45) is 2.53. The smallest absolute Gasteiger partial charge is 0.145 e. The van der Waals surface area contributed by atoms with Crippen LogP contribution in [-0.4, -0.2) is 14.5 Å². The van der Waals surface area contributed by atoms with Crippen LogP contribution in [-0.2, 0) is 6.42 Å². The van der Waals surface area contributed by atoms with Gasteiger partial charge in [0, 0.05) is 12.3 Å². The van der Waals surface area contributed by atoms with Crippen LogP contribution in [0.3, 0.4) is 0 Å². The molecule has 1 atom stereocenters. The zero-order chi connectivity index (χ0) is 11.7. The maximum Gasteiger partial charge on any atom is 0.145 e. The number of hydrogen-bond acceptors (Lipinski definition) is 4. The Morgan fingerprint density at radius 3 is 2.76 bits per heavy atom. The van der Waals surface area contributed by atoms with E-state index < -0.39 is 6.10 Å². The second kappa shape index (κ2) is 4.55. The highest BCUT2D eigenvalue weighted by atomic mass is 32.1.